The van der Waals surface area contributed by atoms with E-state index in [-0.39, 0.29) is 24.0 Å². The van der Waals surface area contributed by atoms with Gasteiger partial charge in [-0.2, -0.15) is 11.8 Å². The number of halogens is 1. The van der Waals surface area contributed by atoms with E-state index in [2.05, 4.69) is 9.89 Å². The molecule has 1 aromatic carbocycles. The number of methoxy groups -OCH3 is 1. The Labute approximate surface area is 147 Å². The molecule has 0 bridgehead atoms. The molecule has 1 aliphatic heterocycles. The number of guanidine groups is 1. The summed E-state index contributed by atoms with van der Waals surface area (Å²) in [5.74, 6) is 4.44. The predicted octanol–water partition coefficient (Wildman–Crippen LogP) is 2.06. The van der Waals surface area contributed by atoms with Gasteiger partial charge in [-0.05, 0) is 12.1 Å². The van der Waals surface area contributed by atoms with Crippen molar-refractivity contribution in [2.75, 3.05) is 44.9 Å². The van der Waals surface area contributed by atoms with Gasteiger partial charge in [-0.1, -0.05) is 6.07 Å². The number of nitrogens with zero attached hydrogens (tertiary/aromatic N) is 2. The van der Waals surface area contributed by atoms with Gasteiger partial charge < -0.3 is 20.1 Å². The first-order chi connectivity index (χ1) is 9.79. The Balaban J connectivity index is 0.00000220. The average molecular weight is 423 g/mol. The third-order valence-corrected chi connectivity index (χ3v) is 3.95. The Morgan fingerprint density at radius 2 is 2.05 bits per heavy atom. The molecule has 0 aromatic heterocycles. The summed E-state index contributed by atoms with van der Waals surface area (Å²) in [6.07, 6.45) is 0. The molecule has 1 aliphatic rings. The number of aliphatic imine (C=N–C) groups is 1. The molecule has 0 aliphatic carbocycles. The number of thioether (sulfide) groups is 1. The van der Waals surface area contributed by atoms with E-state index < -0.39 is 0 Å². The molecular formula is C14H22IN3O2S. The van der Waals surface area contributed by atoms with Crippen LogP contribution in [0.3, 0.4) is 0 Å². The van der Waals surface area contributed by atoms with Gasteiger partial charge >= 0.3 is 0 Å². The van der Waals surface area contributed by atoms with Crippen LogP contribution in [-0.4, -0.2) is 55.7 Å². The van der Waals surface area contributed by atoms with E-state index in [1.165, 1.54) is 0 Å². The normalized spacial score (nSPS) is 15.3. The second-order valence-electron chi connectivity index (χ2n) is 4.37. The lowest BCUT2D eigenvalue weighted by molar-refractivity contribution is 0.324. The molecule has 1 saturated heterocycles. The number of rotatable bonds is 5. The Hall–Kier alpha value is -0.830. The summed E-state index contributed by atoms with van der Waals surface area (Å²) in [4.78, 5) is 6.49. The van der Waals surface area contributed by atoms with Gasteiger partial charge in [-0.3, -0.25) is 0 Å². The van der Waals surface area contributed by atoms with Crippen molar-refractivity contribution < 1.29 is 9.47 Å². The van der Waals surface area contributed by atoms with Crippen LogP contribution in [0, 0.1) is 0 Å². The quantitative estimate of drug-likeness (QED) is 0.340. The Morgan fingerprint density at radius 1 is 1.33 bits per heavy atom. The van der Waals surface area contributed by atoms with E-state index in [1.54, 1.807) is 7.11 Å². The van der Waals surface area contributed by atoms with Crippen LogP contribution in [-0.2, 0) is 0 Å². The maximum absolute atomic E-state index is 5.96. The highest BCUT2D eigenvalue weighted by molar-refractivity contribution is 14.0. The number of nitrogens with two attached hydrogens (primary N) is 1. The molecule has 0 saturated carbocycles. The number of hydrogen-bond donors (Lipinski definition) is 1. The zero-order chi connectivity index (χ0) is 14.2. The fraction of sp³-hybridized carbons (Fsp3) is 0.500. The van der Waals surface area contributed by atoms with Crippen LogP contribution in [0.15, 0.2) is 29.3 Å². The van der Waals surface area contributed by atoms with Crippen molar-refractivity contribution in [2.24, 2.45) is 10.7 Å². The minimum atomic E-state index is 0. The van der Waals surface area contributed by atoms with Crippen molar-refractivity contribution in [1.82, 2.24) is 4.90 Å². The number of hydrogen-bond acceptors (Lipinski definition) is 4. The van der Waals surface area contributed by atoms with Crippen LogP contribution in [0.4, 0.5) is 0 Å². The van der Waals surface area contributed by atoms with Crippen molar-refractivity contribution in [3.63, 3.8) is 0 Å². The maximum Gasteiger partial charge on any atom is 0.191 e. The molecule has 5 nitrogen and oxygen atoms in total. The summed E-state index contributed by atoms with van der Waals surface area (Å²) in [7, 11) is 1.64. The highest BCUT2D eigenvalue weighted by Crippen LogP contribution is 2.18. The summed E-state index contributed by atoms with van der Waals surface area (Å²) < 4.78 is 10.8. The Bertz CT molecular complexity index is 454. The fourth-order valence-corrected chi connectivity index (χ4v) is 2.81. The highest BCUT2D eigenvalue weighted by Gasteiger charge is 2.11. The molecule has 21 heavy (non-hydrogen) atoms. The minimum Gasteiger partial charge on any atom is -0.497 e. The summed E-state index contributed by atoms with van der Waals surface area (Å²) in [6, 6.07) is 7.54. The van der Waals surface area contributed by atoms with E-state index in [9.17, 15) is 0 Å². The van der Waals surface area contributed by atoms with Crippen molar-refractivity contribution >= 4 is 41.7 Å². The lowest BCUT2D eigenvalue weighted by Gasteiger charge is -2.27. The SMILES string of the molecule is COc1cccc(OCCN=C(N)N2CCSCC2)c1.I. The Morgan fingerprint density at radius 3 is 2.76 bits per heavy atom. The van der Waals surface area contributed by atoms with E-state index in [1.807, 2.05) is 36.0 Å². The molecule has 1 fully saturated rings. The van der Waals surface area contributed by atoms with Crippen molar-refractivity contribution in [1.29, 1.82) is 0 Å². The molecular weight excluding hydrogens is 401 g/mol. The van der Waals surface area contributed by atoms with E-state index in [0.717, 1.165) is 36.1 Å². The number of benzene rings is 1. The molecule has 0 spiro atoms. The molecule has 2 rings (SSSR count). The molecule has 0 unspecified atom stereocenters. The first-order valence-electron chi connectivity index (χ1n) is 6.69. The van der Waals surface area contributed by atoms with Crippen LogP contribution in [0.5, 0.6) is 11.5 Å². The summed E-state index contributed by atoms with van der Waals surface area (Å²) in [5, 5.41) is 0. The maximum atomic E-state index is 5.96. The number of ether oxygens (including phenoxy) is 2. The monoisotopic (exact) mass is 423 g/mol. The molecule has 1 heterocycles. The summed E-state index contributed by atoms with van der Waals surface area (Å²) in [6.45, 7) is 3.04. The van der Waals surface area contributed by atoms with Gasteiger partial charge in [0.1, 0.15) is 18.1 Å². The van der Waals surface area contributed by atoms with Crippen molar-refractivity contribution in [2.45, 2.75) is 0 Å². The second kappa shape index (κ2) is 9.99. The van der Waals surface area contributed by atoms with Gasteiger partial charge in [-0.15, -0.1) is 24.0 Å². The molecule has 1 aromatic rings. The summed E-state index contributed by atoms with van der Waals surface area (Å²) in [5.41, 5.74) is 5.96. The Kier molecular flexibility index (Phi) is 8.67. The van der Waals surface area contributed by atoms with Crippen molar-refractivity contribution in [3.8, 4) is 11.5 Å². The topological polar surface area (TPSA) is 60.1 Å². The predicted molar refractivity (Wildman–Crippen MR) is 99.3 cm³/mol. The van der Waals surface area contributed by atoms with Crippen LogP contribution >= 0.6 is 35.7 Å². The molecule has 0 radical (unpaired) electrons. The summed E-state index contributed by atoms with van der Waals surface area (Å²) >= 11 is 1.96. The third kappa shape index (κ3) is 6.21. The average Bonchev–Trinajstić information content (AvgIpc) is 2.52. The van der Waals surface area contributed by atoms with E-state index >= 15 is 0 Å². The van der Waals surface area contributed by atoms with Gasteiger partial charge in [0.25, 0.3) is 0 Å². The molecule has 7 heteroatoms. The minimum absolute atomic E-state index is 0. The first kappa shape index (κ1) is 18.2. The van der Waals surface area contributed by atoms with Gasteiger partial charge in [0.2, 0.25) is 0 Å². The highest BCUT2D eigenvalue weighted by atomic mass is 127. The van der Waals surface area contributed by atoms with Gasteiger partial charge in [0.15, 0.2) is 5.96 Å². The van der Waals surface area contributed by atoms with Crippen LogP contribution < -0.4 is 15.2 Å². The third-order valence-electron chi connectivity index (χ3n) is 3.01. The molecule has 118 valence electrons. The van der Waals surface area contributed by atoms with Crippen LogP contribution in [0.1, 0.15) is 0 Å². The smallest absolute Gasteiger partial charge is 0.191 e. The standard InChI is InChI=1S/C14H21N3O2S.HI/c1-18-12-3-2-4-13(11-12)19-8-5-16-14(15)17-6-9-20-10-7-17;/h2-4,11H,5-10H2,1H3,(H2,15,16);1H. The lowest BCUT2D eigenvalue weighted by Crippen LogP contribution is -2.42. The zero-order valence-corrected chi connectivity index (χ0v) is 15.3. The largest absolute Gasteiger partial charge is 0.497 e. The van der Waals surface area contributed by atoms with Gasteiger partial charge in [-0.25, -0.2) is 4.99 Å². The molecule has 0 amide bonds. The van der Waals surface area contributed by atoms with Crippen LogP contribution in [0.2, 0.25) is 0 Å². The zero-order valence-electron chi connectivity index (χ0n) is 12.2. The van der Waals surface area contributed by atoms with E-state index in [4.69, 9.17) is 15.2 Å². The van der Waals surface area contributed by atoms with Gasteiger partial charge in [0, 0.05) is 30.7 Å². The van der Waals surface area contributed by atoms with Gasteiger partial charge in [0.05, 0.1) is 13.7 Å². The van der Waals surface area contributed by atoms with Crippen LogP contribution in [0.25, 0.3) is 0 Å². The molecule has 0 atom stereocenters. The first-order valence-corrected chi connectivity index (χ1v) is 7.84. The fourth-order valence-electron chi connectivity index (χ4n) is 1.91. The second-order valence-corrected chi connectivity index (χ2v) is 5.59. The lowest BCUT2D eigenvalue weighted by atomic mass is 10.3. The van der Waals surface area contributed by atoms with E-state index in [0.29, 0.717) is 19.1 Å². The molecule has 2 N–H and O–H groups in total. The van der Waals surface area contributed by atoms with Crippen molar-refractivity contribution in [3.05, 3.63) is 24.3 Å².